The van der Waals surface area contributed by atoms with Crippen molar-refractivity contribution in [2.75, 3.05) is 0 Å². The van der Waals surface area contributed by atoms with E-state index in [4.69, 9.17) is 139 Å². The Bertz CT molecular complexity index is 825. The fourth-order valence-corrected chi connectivity index (χ4v) is 14.0. The van der Waals surface area contributed by atoms with Gasteiger partial charge in [-0.1, -0.05) is 92.8 Å². The Hall–Kier alpha value is 2.96. The monoisotopic (exact) mass is 632 g/mol. The minimum absolute atomic E-state index is 0.128. The van der Waals surface area contributed by atoms with E-state index in [2.05, 4.69) is 0 Å². The summed E-state index contributed by atoms with van der Waals surface area (Å²) in [6.45, 7) is 0. The highest BCUT2D eigenvalue weighted by molar-refractivity contribution is 6.67. The average Bonchev–Trinajstić information content (AvgIpc) is 3.33. The first-order valence-electron chi connectivity index (χ1n) is 8.74. The van der Waals surface area contributed by atoms with Crippen LogP contribution in [0.5, 0.6) is 0 Å². The van der Waals surface area contributed by atoms with Gasteiger partial charge in [0.15, 0.2) is 8.67 Å². The van der Waals surface area contributed by atoms with Gasteiger partial charge in [0.05, 0.1) is 20.1 Å². The van der Waals surface area contributed by atoms with E-state index in [0.29, 0.717) is 6.42 Å². The lowest BCUT2D eigenvalue weighted by molar-refractivity contribution is 0.0959. The Morgan fingerprint density at radius 3 is 0.862 bits per heavy atom. The molecule has 0 nitrogen and oxygen atoms in total. The number of halogens is 12. The highest BCUT2D eigenvalue weighted by Gasteiger charge is 2.94. The summed E-state index contributed by atoms with van der Waals surface area (Å²) in [6.07, 6.45) is 0.715. The van der Waals surface area contributed by atoms with E-state index in [0.717, 1.165) is 0 Å². The second-order valence-corrected chi connectivity index (χ2v) is 15.5. The average molecular weight is 638 g/mol. The molecule has 6 rings (SSSR count). The normalized spacial score (nSPS) is 62.5. The maximum absolute atomic E-state index is 7.09. The van der Waals surface area contributed by atoms with Crippen LogP contribution in [0.2, 0.25) is 0 Å². The predicted molar refractivity (Wildman–Crippen MR) is 126 cm³/mol. The molecule has 0 aromatic rings. The van der Waals surface area contributed by atoms with Gasteiger partial charge in [-0.3, -0.25) is 0 Å². The lowest BCUT2D eigenvalue weighted by atomic mass is 9.61. The van der Waals surface area contributed by atoms with Crippen molar-refractivity contribution in [2.24, 2.45) is 35.5 Å². The SMILES string of the molecule is ClC1=C(Cl)[C@@]2(Cl)[C@H]3C4CC([C@H]3[C@@]1(Cl)C2(Cl)Cl)[C@H]1[C@H]4[C@@]2(Cl)C(Cl)=C(Cl)[C@@]1(Cl)C2(Cl)Cl. The third-order valence-corrected chi connectivity index (χ3v) is 17.1. The molecule has 160 valence electrons. The molecule has 6 aliphatic carbocycles. The third kappa shape index (κ3) is 1.72. The summed E-state index contributed by atoms with van der Waals surface area (Å²) in [6, 6.07) is 0. The van der Waals surface area contributed by atoms with Crippen molar-refractivity contribution in [3.8, 4) is 0 Å². The summed E-state index contributed by atoms with van der Waals surface area (Å²) in [5.41, 5.74) is 0. The van der Waals surface area contributed by atoms with Gasteiger partial charge in [0.2, 0.25) is 0 Å². The van der Waals surface area contributed by atoms with E-state index in [-0.39, 0.29) is 55.6 Å². The molecular weight excluding hydrogens is 630 g/mol. The van der Waals surface area contributed by atoms with Crippen molar-refractivity contribution in [1.82, 2.24) is 0 Å². The van der Waals surface area contributed by atoms with Crippen LogP contribution in [0.4, 0.5) is 0 Å². The van der Waals surface area contributed by atoms with Gasteiger partial charge in [-0.15, -0.1) is 46.4 Å². The highest BCUT2D eigenvalue weighted by atomic mass is 35.5. The van der Waals surface area contributed by atoms with Crippen LogP contribution in [0.15, 0.2) is 20.1 Å². The molecule has 0 aromatic carbocycles. The molecule has 0 spiro atoms. The maximum atomic E-state index is 7.09. The van der Waals surface area contributed by atoms with Crippen LogP contribution in [-0.2, 0) is 0 Å². The Labute approximate surface area is 227 Å². The number of fused-ring (bicyclic) bond motifs is 16. The smallest absolute Gasteiger partial charge is 0.109 e. The van der Waals surface area contributed by atoms with Crippen LogP contribution in [0.1, 0.15) is 6.42 Å². The van der Waals surface area contributed by atoms with Crippen LogP contribution in [-0.4, -0.2) is 28.2 Å². The molecule has 6 bridgehead atoms. The fraction of sp³-hybridized carbons (Fsp3) is 0.765. The number of hydrogen-bond donors (Lipinski definition) is 0. The van der Waals surface area contributed by atoms with E-state index in [1.807, 2.05) is 0 Å². The number of rotatable bonds is 0. The van der Waals surface area contributed by atoms with Crippen LogP contribution in [0, 0.1) is 35.5 Å². The largest absolute Gasteiger partial charge is 0.166 e. The van der Waals surface area contributed by atoms with E-state index in [1.54, 1.807) is 0 Å². The summed E-state index contributed by atoms with van der Waals surface area (Å²) in [7, 11) is 0. The molecule has 12 heteroatoms. The van der Waals surface area contributed by atoms with E-state index >= 15 is 0 Å². The van der Waals surface area contributed by atoms with Gasteiger partial charge in [0.1, 0.15) is 19.5 Å². The third-order valence-electron chi connectivity index (χ3n) is 8.49. The van der Waals surface area contributed by atoms with Gasteiger partial charge in [-0.2, -0.15) is 0 Å². The molecule has 0 radical (unpaired) electrons. The molecule has 4 saturated carbocycles. The minimum atomic E-state index is -1.62. The number of allylic oxidation sites excluding steroid dienone is 4. The first kappa shape index (κ1) is 22.4. The number of hydrogen-bond acceptors (Lipinski definition) is 0. The molecule has 0 saturated heterocycles. The van der Waals surface area contributed by atoms with E-state index < -0.39 is 28.2 Å². The molecular formula is C17H8Cl12. The van der Waals surface area contributed by atoms with Gasteiger partial charge >= 0.3 is 0 Å². The standard InChI is InChI=1S/C17H8Cl12/c18-8-10(20)14(24)6-3-1-2(4(6)12(8,22)16(14,26)27)5-7(3)15(25)11(21)9(19)13(5,23)17(15,28)29/h2-7H,1H2/t2?,3?,4-,5-,6-,7+,12+,13-,14+,15-/m0/s1. The van der Waals surface area contributed by atoms with Crippen molar-refractivity contribution >= 4 is 139 Å². The number of alkyl halides is 8. The Morgan fingerprint density at radius 1 is 0.448 bits per heavy atom. The van der Waals surface area contributed by atoms with Crippen molar-refractivity contribution < 1.29 is 0 Å². The van der Waals surface area contributed by atoms with Crippen molar-refractivity contribution in [2.45, 2.75) is 34.6 Å². The molecule has 0 amide bonds. The fourth-order valence-electron chi connectivity index (χ4n) is 7.72. The molecule has 10 atom stereocenters. The molecule has 0 aliphatic heterocycles. The topological polar surface area (TPSA) is 0 Å². The quantitative estimate of drug-likeness (QED) is 0.184. The molecule has 6 aliphatic rings. The maximum Gasteiger partial charge on any atom is 0.166 e. The Kier molecular flexibility index (Phi) is 4.39. The predicted octanol–water partition coefficient (Wildman–Crippen LogP) is 8.79. The van der Waals surface area contributed by atoms with E-state index in [1.165, 1.54) is 0 Å². The van der Waals surface area contributed by atoms with Crippen molar-refractivity contribution in [1.29, 1.82) is 0 Å². The van der Waals surface area contributed by atoms with Crippen LogP contribution < -0.4 is 0 Å². The molecule has 0 N–H and O–H groups in total. The van der Waals surface area contributed by atoms with Crippen LogP contribution in [0.3, 0.4) is 0 Å². The lowest BCUT2D eigenvalue weighted by Gasteiger charge is -2.49. The highest BCUT2D eigenvalue weighted by Crippen LogP contribution is 2.90. The Balaban J connectivity index is 1.62. The van der Waals surface area contributed by atoms with Gasteiger partial charge in [-0.25, -0.2) is 0 Å². The van der Waals surface area contributed by atoms with E-state index in [9.17, 15) is 0 Å². The van der Waals surface area contributed by atoms with Gasteiger partial charge in [-0.05, 0) is 41.9 Å². The summed E-state index contributed by atoms with van der Waals surface area (Å²) < 4.78 is -3.25. The van der Waals surface area contributed by atoms with Crippen molar-refractivity contribution in [3.05, 3.63) is 20.1 Å². The van der Waals surface area contributed by atoms with Gasteiger partial charge in [0, 0.05) is 0 Å². The zero-order chi connectivity index (χ0) is 21.5. The second kappa shape index (κ2) is 5.68. The molecule has 29 heavy (non-hydrogen) atoms. The summed E-state index contributed by atoms with van der Waals surface area (Å²) in [4.78, 5) is -5.49. The molecule has 0 heterocycles. The molecule has 2 unspecified atom stereocenters. The Morgan fingerprint density at radius 2 is 0.655 bits per heavy atom. The molecule has 4 fully saturated rings. The first-order chi connectivity index (χ1) is 13.1. The lowest BCUT2D eigenvalue weighted by Crippen LogP contribution is -2.51. The summed E-state index contributed by atoms with van der Waals surface area (Å²) >= 11 is 81.8. The van der Waals surface area contributed by atoms with Gasteiger partial charge in [0.25, 0.3) is 0 Å². The molecule has 0 aromatic heterocycles. The summed E-state index contributed by atoms with van der Waals surface area (Å²) in [5.74, 6) is -1.48. The summed E-state index contributed by atoms with van der Waals surface area (Å²) in [5, 5.41) is 0.671. The van der Waals surface area contributed by atoms with Crippen molar-refractivity contribution in [3.63, 3.8) is 0 Å². The second-order valence-electron chi connectivity index (χ2n) is 8.92. The zero-order valence-electron chi connectivity index (χ0n) is 13.7. The van der Waals surface area contributed by atoms with Crippen LogP contribution >= 0.6 is 139 Å². The van der Waals surface area contributed by atoms with Crippen LogP contribution in [0.25, 0.3) is 0 Å². The first-order valence-corrected chi connectivity index (χ1v) is 13.3. The zero-order valence-corrected chi connectivity index (χ0v) is 22.8. The minimum Gasteiger partial charge on any atom is -0.109 e. The van der Waals surface area contributed by atoms with Gasteiger partial charge < -0.3 is 0 Å².